The van der Waals surface area contributed by atoms with E-state index in [-0.39, 0.29) is 24.4 Å². The summed E-state index contributed by atoms with van der Waals surface area (Å²) >= 11 is 0. The van der Waals surface area contributed by atoms with E-state index >= 15 is 0 Å². The molecule has 1 heterocycles. The molecule has 1 aromatic carbocycles. The number of nitrogens with one attached hydrogen (secondary N) is 2. The fourth-order valence-electron chi connectivity index (χ4n) is 2.64. The van der Waals surface area contributed by atoms with Gasteiger partial charge in [-0.05, 0) is 25.5 Å². The van der Waals surface area contributed by atoms with E-state index < -0.39 is 0 Å². The molecule has 0 saturated heterocycles. The first-order valence-electron chi connectivity index (χ1n) is 8.14. The molecular formula is C18H25N3O3. The molecule has 1 atom stereocenters. The molecule has 6 heteroatoms. The van der Waals surface area contributed by atoms with Crippen molar-refractivity contribution in [3.63, 3.8) is 0 Å². The molecule has 2 rings (SSSR count). The largest absolute Gasteiger partial charge is 0.459 e. The zero-order valence-corrected chi connectivity index (χ0v) is 14.9. The third-order valence-electron chi connectivity index (χ3n) is 4.37. The first kappa shape index (κ1) is 17.8. The molecule has 6 nitrogen and oxygen atoms in total. The van der Waals surface area contributed by atoms with Gasteiger partial charge in [0, 0.05) is 38.4 Å². The quantitative estimate of drug-likeness (QED) is 0.883. The monoisotopic (exact) mass is 331 g/mol. The summed E-state index contributed by atoms with van der Waals surface area (Å²) < 4.78 is 5.90. The van der Waals surface area contributed by atoms with E-state index in [0.717, 1.165) is 23.1 Å². The number of rotatable bonds is 5. The number of hydrogen-bond donors (Lipinski definition) is 2. The molecule has 1 aromatic heterocycles. The van der Waals surface area contributed by atoms with Gasteiger partial charge in [-0.2, -0.15) is 0 Å². The minimum absolute atomic E-state index is 0.0986. The van der Waals surface area contributed by atoms with Gasteiger partial charge in [-0.3, -0.25) is 4.79 Å². The summed E-state index contributed by atoms with van der Waals surface area (Å²) in [5.41, 5.74) is 2.43. The van der Waals surface area contributed by atoms with Gasteiger partial charge in [0.25, 0.3) is 0 Å². The SMILES string of the molecule is CCc1oc2c(NC(=O)N(C)C(C)CC(=O)NC)cccc2c1C. The summed E-state index contributed by atoms with van der Waals surface area (Å²) in [7, 11) is 3.26. The maximum Gasteiger partial charge on any atom is 0.321 e. The molecule has 3 amide bonds. The molecule has 0 bridgehead atoms. The molecule has 0 aliphatic rings. The number of carbonyl (C=O) groups is 2. The Balaban J connectivity index is 2.20. The molecule has 1 unspecified atom stereocenters. The van der Waals surface area contributed by atoms with Crippen LogP contribution in [0.4, 0.5) is 10.5 Å². The Morgan fingerprint density at radius 1 is 1.33 bits per heavy atom. The number of benzene rings is 1. The van der Waals surface area contributed by atoms with Gasteiger partial charge in [-0.15, -0.1) is 0 Å². The second-order valence-corrected chi connectivity index (χ2v) is 5.95. The van der Waals surface area contributed by atoms with Gasteiger partial charge >= 0.3 is 6.03 Å². The Kier molecular flexibility index (Phi) is 5.49. The van der Waals surface area contributed by atoms with Gasteiger partial charge in [0.2, 0.25) is 5.91 Å². The van der Waals surface area contributed by atoms with Crippen molar-refractivity contribution in [2.24, 2.45) is 0 Å². The molecular weight excluding hydrogens is 306 g/mol. The van der Waals surface area contributed by atoms with Crippen molar-refractivity contribution >= 4 is 28.6 Å². The predicted molar refractivity (Wildman–Crippen MR) is 95.3 cm³/mol. The average Bonchev–Trinajstić information content (AvgIpc) is 2.91. The molecule has 0 aliphatic carbocycles. The summed E-state index contributed by atoms with van der Waals surface area (Å²) in [5, 5.41) is 6.45. The zero-order valence-electron chi connectivity index (χ0n) is 14.9. The van der Waals surface area contributed by atoms with Gasteiger partial charge in [0.05, 0.1) is 5.69 Å². The van der Waals surface area contributed by atoms with E-state index in [1.54, 1.807) is 14.1 Å². The minimum Gasteiger partial charge on any atom is -0.459 e. The van der Waals surface area contributed by atoms with Crippen molar-refractivity contribution in [2.75, 3.05) is 19.4 Å². The lowest BCUT2D eigenvalue weighted by molar-refractivity contribution is -0.121. The molecule has 0 fully saturated rings. The van der Waals surface area contributed by atoms with Crippen LogP contribution in [0.5, 0.6) is 0 Å². The maximum absolute atomic E-state index is 12.5. The normalized spacial score (nSPS) is 12.0. The predicted octanol–water partition coefficient (Wildman–Crippen LogP) is 3.29. The highest BCUT2D eigenvalue weighted by atomic mass is 16.3. The van der Waals surface area contributed by atoms with Gasteiger partial charge < -0.3 is 20.0 Å². The highest BCUT2D eigenvalue weighted by molar-refractivity contribution is 6.00. The summed E-state index contributed by atoms with van der Waals surface area (Å²) in [5.74, 6) is 0.825. The van der Waals surface area contributed by atoms with Crippen LogP contribution >= 0.6 is 0 Å². The molecule has 2 aromatic rings. The Morgan fingerprint density at radius 2 is 2.04 bits per heavy atom. The molecule has 0 saturated carbocycles. The lowest BCUT2D eigenvalue weighted by Gasteiger charge is -2.24. The average molecular weight is 331 g/mol. The van der Waals surface area contributed by atoms with Crippen LogP contribution in [0.25, 0.3) is 11.0 Å². The fourth-order valence-corrected chi connectivity index (χ4v) is 2.64. The standard InChI is InChI=1S/C18H25N3O3/c1-6-15-12(3)13-8-7-9-14(17(13)24-15)20-18(23)21(5)11(2)10-16(22)19-4/h7-9,11H,6,10H2,1-5H3,(H,19,22)(H,20,23). The molecule has 24 heavy (non-hydrogen) atoms. The van der Waals surface area contributed by atoms with E-state index in [0.29, 0.717) is 11.3 Å². The van der Waals surface area contributed by atoms with Crippen LogP contribution in [-0.4, -0.2) is 37.0 Å². The molecule has 0 aliphatic heterocycles. The van der Waals surface area contributed by atoms with E-state index in [1.165, 1.54) is 4.90 Å². The number of nitrogens with zero attached hydrogens (tertiary/aromatic N) is 1. The number of furan rings is 1. The smallest absolute Gasteiger partial charge is 0.321 e. The van der Waals surface area contributed by atoms with Crippen molar-refractivity contribution < 1.29 is 14.0 Å². The topological polar surface area (TPSA) is 74.6 Å². The number of anilines is 1. The van der Waals surface area contributed by atoms with Crippen molar-refractivity contribution in [1.29, 1.82) is 0 Å². The molecule has 0 radical (unpaired) electrons. The number of hydrogen-bond acceptors (Lipinski definition) is 3. The Bertz CT molecular complexity index is 751. The molecule has 2 N–H and O–H groups in total. The minimum atomic E-state index is -0.272. The third kappa shape index (κ3) is 3.53. The van der Waals surface area contributed by atoms with Gasteiger partial charge in [-0.25, -0.2) is 4.79 Å². The van der Waals surface area contributed by atoms with Crippen molar-refractivity contribution in [3.05, 3.63) is 29.5 Å². The van der Waals surface area contributed by atoms with Crippen LogP contribution in [-0.2, 0) is 11.2 Å². The van der Waals surface area contributed by atoms with Crippen molar-refractivity contribution in [3.8, 4) is 0 Å². The van der Waals surface area contributed by atoms with Crippen LogP contribution in [0.3, 0.4) is 0 Å². The number of para-hydroxylation sites is 1. The lowest BCUT2D eigenvalue weighted by atomic mass is 10.1. The summed E-state index contributed by atoms with van der Waals surface area (Å²) in [6.07, 6.45) is 1.06. The number of urea groups is 1. The molecule has 0 spiro atoms. The van der Waals surface area contributed by atoms with E-state index in [9.17, 15) is 9.59 Å². The Morgan fingerprint density at radius 3 is 2.67 bits per heavy atom. The third-order valence-corrected chi connectivity index (χ3v) is 4.37. The summed E-state index contributed by atoms with van der Waals surface area (Å²) in [6, 6.07) is 5.22. The van der Waals surface area contributed by atoms with Crippen LogP contribution in [0, 0.1) is 6.92 Å². The first-order valence-corrected chi connectivity index (χ1v) is 8.14. The van der Waals surface area contributed by atoms with Gasteiger partial charge in [0.15, 0.2) is 5.58 Å². The number of aryl methyl sites for hydroxylation is 2. The van der Waals surface area contributed by atoms with Crippen LogP contribution in [0.1, 0.15) is 31.6 Å². The van der Waals surface area contributed by atoms with Crippen LogP contribution in [0.15, 0.2) is 22.6 Å². The van der Waals surface area contributed by atoms with Crippen molar-refractivity contribution in [1.82, 2.24) is 10.2 Å². The van der Waals surface area contributed by atoms with Gasteiger partial charge in [-0.1, -0.05) is 19.1 Å². The fraction of sp³-hybridized carbons (Fsp3) is 0.444. The first-order chi connectivity index (χ1) is 11.4. The summed E-state index contributed by atoms with van der Waals surface area (Å²) in [6.45, 7) is 5.90. The number of carbonyl (C=O) groups excluding carboxylic acids is 2. The van der Waals surface area contributed by atoms with Crippen LogP contribution in [0.2, 0.25) is 0 Å². The van der Waals surface area contributed by atoms with E-state index in [1.807, 2.05) is 39.0 Å². The van der Waals surface area contributed by atoms with Gasteiger partial charge in [0.1, 0.15) is 5.76 Å². The lowest BCUT2D eigenvalue weighted by Crippen LogP contribution is -2.40. The van der Waals surface area contributed by atoms with E-state index in [2.05, 4.69) is 10.6 Å². The molecule has 130 valence electrons. The second-order valence-electron chi connectivity index (χ2n) is 5.95. The highest BCUT2D eigenvalue weighted by Crippen LogP contribution is 2.31. The second kappa shape index (κ2) is 7.38. The number of fused-ring (bicyclic) bond motifs is 1. The Hall–Kier alpha value is -2.50. The highest BCUT2D eigenvalue weighted by Gasteiger charge is 2.20. The number of amides is 3. The summed E-state index contributed by atoms with van der Waals surface area (Å²) in [4.78, 5) is 25.5. The van der Waals surface area contributed by atoms with E-state index in [4.69, 9.17) is 4.42 Å². The van der Waals surface area contributed by atoms with Crippen molar-refractivity contribution in [2.45, 2.75) is 39.7 Å². The zero-order chi connectivity index (χ0) is 17.9. The maximum atomic E-state index is 12.5. The van der Waals surface area contributed by atoms with Crippen LogP contribution < -0.4 is 10.6 Å². The Labute approximate surface area is 142 Å².